The molecule has 140 heavy (non-hydrogen) atoms. The van der Waals surface area contributed by atoms with Crippen molar-refractivity contribution in [2.24, 2.45) is 0 Å². The summed E-state index contributed by atoms with van der Waals surface area (Å²) in [4.78, 5) is 15.4. The number of hydrogen-bond acceptors (Lipinski definition) is 3. The van der Waals surface area contributed by atoms with Crippen molar-refractivity contribution in [3.8, 4) is 129 Å². The molecule has 0 radical (unpaired) electrons. The summed E-state index contributed by atoms with van der Waals surface area (Å²) in [5, 5.41) is 22.6. The van der Waals surface area contributed by atoms with Gasteiger partial charge in [-0.1, -0.05) is 432 Å². The molecule has 0 N–H and O–H groups in total. The number of para-hydroxylation sites is 3. The molecule has 0 amide bonds. The first-order chi connectivity index (χ1) is 69.3. The Morgan fingerprint density at radius 3 is 0.914 bits per heavy atom. The Kier molecular flexibility index (Phi) is 21.4. The third-order valence-corrected chi connectivity index (χ3v) is 28.0. The second-order valence-corrected chi connectivity index (χ2v) is 36.2. The van der Waals surface area contributed by atoms with Gasteiger partial charge in [0.25, 0.3) is 0 Å². The predicted octanol–water partition coefficient (Wildman–Crippen LogP) is 35.8. The first-order valence-electron chi connectivity index (χ1n) is 48.2. The lowest BCUT2D eigenvalue weighted by Crippen LogP contribution is -2.00. The van der Waals surface area contributed by atoms with E-state index in [1.807, 2.05) is 6.07 Å². The van der Waals surface area contributed by atoms with Gasteiger partial charge in [0.05, 0.1) is 33.5 Å². The van der Waals surface area contributed by atoms with Gasteiger partial charge in [0.15, 0.2) is 0 Å². The fourth-order valence-corrected chi connectivity index (χ4v) is 21.6. The minimum absolute atomic E-state index is 0.909. The summed E-state index contributed by atoms with van der Waals surface area (Å²) < 4.78 is 6.86. The minimum atomic E-state index is 0.909. The highest BCUT2D eigenvalue weighted by molar-refractivity contribution is 6.25. The molecule has 6 nitrogen and oxygen atoms in total. The van der Waals surface area contributed by atoms with Crippen LogP contribution in [0.25, 0.3) is 248 Å². The highest BCUT2D eigenvalue weighted by atomic mass is 15.1. The number of aromatic nitrogens is 6. The number of nitrogens with zero attached hydrogens (tertiary/aromatic N) is 6. The second kappa shape index (κ2) is 35.9. The number of benzene rings is 24. The van der Waals surface area contributed by atoms with Crippen LogP contribution in [0.5, 0.6) is 0 Å². The van der Waals surface area contributed by atoms with Crippen LogP contribution in [0.2, 0.25) is 0 Å². The largest absolute Gasteiger partial charge is 0.297 e. The summed E-state index contributed by atoms with van der Waals surface area (Å²) in [6.45, 7) is 4.26. The maximum atomic E-state index is 5.39. The van der Waals surface area contributed by atoms with Crippen LogP contribution in [-0.4, -0.2) is 28.7 Å². The zero-order chi connectivity index (χ0) is 93.1. The average molecular weight is 1790 g/mol. The van der Waals surface area contributed by atoms with E-state index >= 15 is 0 Å². The van der Waals surface area contributed by atoms with Crippen molar-refractivity contribution in [1.29, 1.82) is 0 Å². The highest BCUT2D eigenvalue weighted by Gasteiger charge is 2.27. The van der Waals surface area contributed by atoms with E-state index < -0.39 is 0 Å². The molecule has 24 aromatic carbocycles. The molecule has 0 aliphatic heterocycles. The lowest BCUT2D eigenvalue weighted by atomic mass is 9.85. The van der Waals surface area contributed by atoms with Gasteiger partial charge < -0.3 is 0 Å². The molecule has 3 heterocycles. The van der Waals surface area contributed by atoms with E-state index in [0.29, 0.717) is 0 Å². The summed E-state index contributed by atoms with van der Waals surface area (Å²) in [6, 6.07) is 184. The van der Waals surface area contributed by atoms with E-state index in [4.69, 9.17) is 15.0 Å². The molecule has 0 aliphatic rings. The molecule has 0 aliphatic carbocycles. The lowest BCUT2D eigenvalue weighted by molar-refractivity contribution is 1.00. The van der Waals surface area contributed by atoms with Crippen molar-refractivity contribution < 1.29 is 0 Å². The van der Waals surface area contributed by atoms with Crippen molar-refractivity contribution in [3.05, 3.63) is 521 Å². The quantitative estimate of drug-likeness (QED) is 0.102. The van der Waals surface area contributed by atoms with Gasteiger partial charge in [-0.05, 0) is 268 Å². The van der Waals surface area contributed by atoms with E-state index in [0.717, 1.165) is 96.7 Å². The molecule has 6 heteroatoms. The Morgan fingerprint density at radius 1 is 0.186 bits per heavy atom. The van der Waals surface area contributed by atoms with Gasteiger partial charge in [-0.25, -0.2) is 15.0 Å². The molecule has 27 aromatic rings. The van der Waals surface area contributed by atoms with E-state index in [-0.39, 0.29) is 0 Å². The van der Waals surface area contributed by atoms with E-state index in [2.05, 4.69) is 531 Å². The van der Waals surface area contributed by atoms with E-state index in [1.54, 1.807) is 0 Å². The molecule has 658 valence electrons. The number of rotatable bonds is 14. The first-order valence-corrected chi connectivity index (χ1v) is 48.2. The smallest absolute Gasteiger partial charge is 0.145 e. The molecular weight excluding hydrogens is 1690 g/mol. The topological polar surface area (TPSA) is 53.5 Å². The van der Waals surface area contributed by atoms with Crippen molar-refractivity contribution >= 4 is 119 Å². The molecule has 0 bridgehead atoms. The Labute approximate surface area is 812 Å². The van der Waals surface area contributed by atoms with Gasteiger partial charge in [-0.15, -0.1) is 0 Å². The molecule has 0 saturated heterocycles. The predicted molar refractivity (Wildman–Crippen MR) is 592 cm³/mol. The van der Waals surface area contributed by atoms with Crippen LogP contribution in [-0.2, 0) is 6.42 Å². The molecular formula is C134H92N6. The molecule has 3 aromatic heterocycles. The van der Waals surface area contributed by atoms with Crippen molar-refractivity contribution in [2.45, 2.75) is 20.3 Å². The van der Waals surface area contributed by atoms with Crippen molar-refractivity contribution in [3.63, 3.8) is 0 Å². The minimum Gasteiger partial charge on any atom is -0.297 e. The Balaban J connectivity index is 0.000000112. The Bertz CT molecular complexity index is 9290. The molecule has 27 rings (SSSR count). The van der Waals surface area contributed by atoms with Crippen LogP contribution < -0.4 is 0 Å². The highest BCUT2D eigenvalue weighted by Crippen LogP contribution is 2.51. The van der Waals surface area contributed by atoms with Crippen LogP contribution in [0.15, 0.2) is 510 Å². The average Bonchev–Trinajstić information content (AvgIpc) is 1.00. The molecule has 0 saturated carbocycles. The normalized spacial score (nSPS) is 11.5. The van der Waals surface area contributed by atoms with E-state index in [1.165, 1.54) is 169 Å². The van der Waals surface area contributed by atoms with Gasteiger partial charge in [0.2, 0.25) is 0 Å². The summed E-state index contributed by atoms with van der Waals surface area (Å²) >= 11 is 0. The fraction of sp³-hybridized carbons (Fsp3) is 0.0224. The molecule has 0 atom stereocenters. The number of fused-ring (bicyclic) bond motifs is 11. The van der Waals surface area contributed by atoms with Crippen LogP contribution >= 0.6 is 0 Å². The summed E-state index contributed by atoms with van der Waals surface area (Å²) in [5.74, 6) is 2.85. The van der Waals surface area contributed by atoms with Crippen molar-refractivity contribution in [1.82, 2.24) is 28.7 Å². The van der Waals surface area contributed by atoms with Gasteiger partial charge in [-0.3, -0.25) is 13.7 Å². The SMILES string of the molecule is CCc1ccc2c(c1)nc(-c1cccc(-c3c4ccccc4c(-c4ccc5ccccc5c4)c4ccccc34)c1)n2-c1ccccc1.Cc1nc2ccccc2n1-c1ccc(-c2c3ccccc3c(-c3ccc4ccccc4c3)c3ccccc23)cc1.c1ccc(-c2nc(-c3ccccc3)n(-c3ccc(-c4c5ccccc5c(-c5ccc6ccccc6c5)c5ccccc45)cc3)c2-c2ccccc2)cc1. The van der Waals surface area contributed by atoms with Gasteiger partial charge in [0.1, 0.15) is 17.5 Å². The summed E-state index contributed by atoms with van der Waals surface area (Å²) in [7, 11) is 0. The third-order valence-electron chi connectivity index (χ3n) is 28.0. The summed E-state index contributed by atoms with van der Waals surface area (Å²) in [5.41, 5.74) is 30.1. The second-order valence-electron chi connectivity index (χ2n) is 36.2. The van der Waals surface area contributed by atoms with Crippen LogP contribution in [0.1, 0.15) is 18.3 Å². The maximum Gasteiger partial charge on any atom is 0.145 e. The monoisotopic (exact) mass is 1780 g/mol. The Morgan fingerprint density at radius 2 is 0.493 bits per heavy atom. The Hall–Kier alpha value is -18.2. The third kappa shape index (κ3) is 15.0. The maximum absolute atomic E-state index is 5.39. The molecule has 0 fully saturated rings. The summed E-state index contributed by atoms with van der Waals surface area (Å²) in [6.07, 6.45) is 0.980. The van der Waals surface area contributed by atoms with Gasteiger partial charge in [-0.2, -0.15) is 0 Å². The van der Waals surface area contributed by atoms with Gasteiger partial charge in [0, 0.05) is 39.3 Å². The number of imidazole rings is 3. The van der Waals surface area contributed by atoms with E-state index in [9.17, 15) is 0 Å². The van der Waals surface area contributed by atoms with Gasteiger partial charge >= 0.3 is 0 Å². The standard InChI is InChI=1S/C51H34N2.C45H32N2.C38H26N2/c1-4-17-37(18-5-1)49-50(38-19-6-2-7-20-38)53(51(52-49)39-21-8-3-9-22-39)42-32-30-36(31-33-42)47-43-24-12-14-26-45(43)48(46-27-15-13-25-44(46)47)41-29-28-35-16-10-11-23-40(35)34-41;1-2-30-23-26-42-41(27-30)46-45(47(42)36-17-4-3-5-18-36)35-16-12-15-33(29-35)43-37-19-8-10-21-39(37)44(40-22-11-9-20-38(40)43)34-25-24-31-13-6-7-14-32(31)28-34;1-25-39-35-16-8-9-17-36(35)40(25)30-22-20-27(21-23-30)37-31-12-4-6-14-33(31)38(34-15-7-5-13-32(34)37)29-19-18-26-10-2-3-11-28(26)24-29/h1-34H;3-29H,2H2,1H3;2-24H,1H3. The fourth-order valence-electron chi connectivity index (χ4n) is 21.6. The molecule has 0 spiro atoms. The number of aryl methyl sites for hydroxylation is 2. The van der Waals surface area contributed by atoms with Crippen molar-refractivity contribution in [2.75, 3.05) is 0 Å². The molecule has 0 unspecified atom stereocenters. The van der Waals surface area contributed by atoms with Crippen LogP contribution in [0, 0.1) is 6.92 Å². The van der Waals surface area contributed by atoms with Crippen LogP contribution in [0.4, 0.5) is 0 Å². The number of hydrogen-bond donors (Lipinski definition) is 0. The zero-order valence-electron chi connectivity index (χ0n) is 77.4. The first kappa shape index (κ1) is 83.6. The lowest BCUT2D eigenvalue weighted by Gasteiger charge is -2.19. The van der Waals surface area contributed by atoms with Crippen LogP contribution in [0.3, 0.4) is 0 Å². The zero-order valence-corrected chi connectivity index (χ0v) is 77.4.